The van der Waals surface area contributed by atoms with Crippen molar-refractivity contribution in [2.24, 2.45) is 0 Å². The van der Waals surface area contributed by atoms with Crippen LogP contribution in [0.15, 0.2) is 53.4 Å². The number of anilines is 1. The van der Waals surface area contributed by atoms with Crippen molar-refractivity contribution >= 4 is 42.9 Å². The molecule has 0 radical (unpaired) electrons. The maximum Gasteiger partial charge on any atom is 0.265 e. The van der Waals surface area contributed by atoms with Gasteiger partial charge in [0.1, 0.15) is 5.82 Å². The van der Waals surface area contributed by atoms with Gasteiger partial charge < -0.3 is 5.32 Å². The molecule has 3 aromatic rings. The molecule has 0 aliphatic heterocycles. The first-order valence-electron chi connectivity index (χ1n) is 8.78. The van der Waals surface area contributed by atoms with Crippen molar-refractivity contribution in [3.63, 3.8) is 0 Å². The van der Waals surface area contributed by atoms with Crippen LogP contribution in [0, 0.1) is 5.82 Å². The van der Waals surface area contributed by atoms with Gasteiger partial charge in [0.2, 0.25) is 0 Å². The van der Waals surface area contributed by atoms with Gasteiger partial charge in [-0.25, -0.2) is 12.8 Å². The van der Waals surface area contributed by atoms with Crippen LogP contribution in [0.5, 0.6) is 0 Å². The van der Waals surface area contributed by atoms with Gasteiger partial charge in [-0.1, -0.05) is 18.9 Å². The fourth-order valence-corrected chi connectivity index (χ4v) is 6.30. The zero-order chi connectivity index (χ0) is 19.0. The maximum absolute atomic E-state index is 13.3. The number of thiophene rings is 1. The molecule has 4 rings (SSSR count). The van der Waals surface area contributed by atoms with Gasteiger partial charge >= 0.3 is 0 Å². The molecule has 27 heavy (non-hydrogen) atoms. The molecule has 1 aliphatic rings. The minimum atomic E-state index is -3.38. The molecule has 1 aliphatic carbocycles. The number of benzene rings is 2. The first-order chi connectivity index (χ1) is 12.9. The van der Waals surface area contributed by atoms with Gasteiger partial charge in [-0.05, 0) is 60.7 Å². The molecule has 140 valence electrons. The molecule has 1 fully saturated rings. The van der Waals surface area contributed by atoms with E-state index in [9.17, 15) is 17.6 Å². The normalized spacial score (nSPS) is 15.3. The first-order valence-corrected chi connectivity index (χ1v) is 11.1. The Balaban J connectivity index is 1.57. The Bertz CT molecular complexity index is 1120. The van der Waals surface area contributed by atoms with E-state index in [0.717, 1.165) is 17.5 Å². The molecule has 4 nitrogen and oxygen atoms in total. The summed E-state index contributed by atoms with van der Waals surface area (Å²) in [4.78, 5) is 13.2. The van der Waals surface area contributed by atoms with E-state index in [4.69, 9.17) is 0 Å². The fourth-order valence-electron chi connectivity index (χ4n) is 3.46. The molecule has 0 unspecified atom stereocenters. The third kappa shape index (κ3) is 3.61. The van der Waals surface area contributed by atoms with Gasteiger partial charge in [0.15, 0.2) is 9.84 Å². The Morgan fingerprint density at radius 2 is 1.85 bits per heavy atom. The zero-order valence-corrected chi connectivity index (χ0v) is 16.1. The molecule has 0 saturated heterocycles. The maximum atomic E-state index is 13.3. The SMILES string of the molecule is O=C(Nc1cccc(S(=O)(=O)C2CCCC2)c1)c1cc2cc(F)ccc2s1. The molecule has 0 atom stereocenters. The summed E-state index contributed by atoms with van der Waals surface area (Å²) in [5, 5.41) is 3.09. The largest absolute Gasteiger partial charge is 0.321 e. The second-order valence-corrected chi connectivity index (χ2v) is 10.0. The summed E-state index contributed by atoms with van der Waals surface area (Å²) in [5.74, 6) is -0.691. The van der Waals surface area contributed by atoms with Crippen molar-refractivity contribution in [3.8, 4) is 0 Å². The number of hydrogen-bond acceptors (Lipinski definition) is 4. The summed E-state index contributed by atoms with van der Waals surface area (Å²) in [6.07, 6.45) is 3.26. The highest BCUT2D eigenvalue weighted by molar-refractivity contribution is 7.92. The van der Waals surface area contributed by atoms with Gasteiger partial charge in [0, 0.05) is 10.4 Å². The van der Waals surface area contributed by atoms with Crippen molar-refractivity contribution in [1.29, 1.82) is 0 Å². The molecule has 1 saturated carbocycles. The van der Waals surface area contributed by atoms with E-state index in [1.807, 2.05) is 0 Å². The predicted octanol–water partition coefficient (Wildman–Crippen LogP) is 5.01. The lowest BCUT2D eigenvalue weighted by Gasteiger charge is -2.12. The Hall–Kier alpha value is -2.25. The van der Waals surface area contributed by atoms with E-state index in [1.54, 1.807) is 30.3 Å². The van der Waals surface area contributed by atoms with Crippen LogP contribution in [0.2, 0.25) is 0 Å². The average Bonchev–Trinajstić information content (AvgIpc) is 3.31. The van der Waals surface area contributed by atoms with E-state index in [1.165, 1.54) is 29.5 Å². The van der Waals surface area contributed by atoms with Crippen LogP contribution in [0.25, 0.3) is 10.1 Å². The van der Waals surface area contributed by atoms with Gasteiger partial charge in [-0.3, -0.25) is 4.79 Å². The van der Waals surface area contributed by atoms with Gasteiger partial charge in [0.05, 0.1) is 15.0 Å². The van der Waals surface area contributed by atoms with Crippen LogP contribution in [0.4, 0.5) is 10.1 Å². The number of carbonyl (C=O) groups is 1. The van der Waals surface area contributed by atoms with E-state index in [0.29, 0.717) is 28.8 Å². The number of amides is 1. The molecule has 1 aromatic heterocycles. The predicted molar refractivity (Wildman–Crippen MR) is 106 cm³/mol. The second kappa shape index (κ2) is 7.05. The fraction of sp³-hybridized carbons (Fsp3) is 0.250. The van der Waals surface area contributed by atoms with Crippen LogP contribution in [0.3, 0.4) is 0 Å². The lowest BCUT2D eigenvalue weighted by molar-refractivity contribution is 0.103. The Morgan fingerprint density at radius 1 is 1.07 bits per heavy atom. The number of sulfone groups is 1. The molecule has 1 heterocycles. The third-order valence-corrected chi connectivity index (χ3v) is 8.24. The number of fused-ring (bicyclic) bond motifs is 1. The van der Waals surface area contributed by atoms with Crippen molar-refractivity contribution in [1.82, 2.24) is 0 Å². The summed E-state index contributed by atoms with van der Waals surface area (Å²) in [6.45, 7) is 0. The number of halogens is 1. The minimum absolute atomic E-state index is 0.241. The third-order valence-electron chi connectivity index (χ3n) is 4.86. The minimum Gasteiger partial charge on any atom is -0.321 e. The van der Waals surface area contributed by atoms with E-state index >= 15 is 0 Å². The second-order valence-electron chi connectivity index (χ2n) is 6.73. The Labute approximate surface area is 160 Å². The highest BCUT2D eigenvalue weighted by Gasteiger charge is 2.30. The average molecular weight is 404 g/mol. The monoisotopic (exact) mass is 403 g/mol. The van der Waals surface area contributed by atoms with Crippen LogP contribution < -0.4 is 5.32 Å². The van der Waals surface area contributed by atoms with Crippen molar-refractivity contribution in [3.05, 3.63) is 59.2 Å². The quantitative estimate of drug-likeness (QED) is 0.666. The van der Waals surface area contributed by atoms with Crippen molar-refractivity contribution < 1.29 is 17.6 Å². The summed E-state index contributed by atoms with van der Waals surface area (Å²) in [5.41, 5.74) is 0.433. The number of nitrogens with one attached hydrogen (secondary N) is 1. The topological polar surface area (TPSA) is 63.2 Å². The van der Waals surface area contributed by atoms with Crippen LogP contribution in [0.1, 0.15) is 35.4 Å². The summed E-state index contributed by atoms with van der Waals surface area (Å²) in [7, 11) is -3.38. The zero-order valence-electron chi connectivity index (χ0n) is 14.4. The van der Waals surface area contributed by atoms with Gasteiger partial charge in [0.25, 0.3) is 5.91 Å². The summed E-state index contributed by atoms with van der Waals surface area (Å²) in [6, 6.07) is 12.4. The van der Waals surface area contributed by atoms with Crippen molar-refractivity contribution in [2.75, 3.05) is 5.32 Å². The van der Waals surface area contributed by atoms with E-state index in [-0.39, 0.29) is 21.9 Å². The molecular formula is C20H18FNO3S2. The molecule has 0 bridgehead atoms. The first kappa shape index (κ1) is 18.1. The van der Waals surface area contributed by atoms with E-state index < -0.39 is 9.84 Å². The molecule has 7 heteroatoms. The highest BCUT2D eigenvalue weighted by Crippen LogP contribution is 2.31. The molecule has 1 amide bonds. The number of rotatable bonds is 4. The van der Waals surface area contributed by atoms with Crippen LogP contribution >= 0.6 is 11.3 Å². The standard InChI is InChI=1S/C20H18FNO3S2/c21-14-8-9-18-13(10-14)11-19(26-18)20(23)22-15-4-3-7-17(12-15)27(24,25)16-5-1-2-6-16/h3-4,7-12,16H,1-2,5-6H2,(H,22,23). The number of hydrogen-bond donors (Lipinski definition) is 1. The smallest absolute Gasteiger partial charge is 0.265 e. The molecular weight excluding hydrogens is 385 g/mol. The Kier molecular flexibility index (Phi) is 4.74. The van der Waals surface area contributed by atoms with Crippen LogP contribution in [-0.4, -0.2) is 19.6 Å². The number of carbonyl (C=O) groups excluding carboxylic acids is 1. The lowest BCUT2D eigenvalue weighted by atomic mass is 10.2. The lowest BCUT2D eigenvalue weighted by Crippen LogP contribution is -2.18. The molecule has 2 aromatic carbocycles. The molecule has 1 N–H and O–H groups in total. The molecule has 0 spiro atoms. The Morgan fingerprint density at radius 3 is 2.63 bits per heavy atom. The summed E-state index contributed by atoms with van der Waals surface area (Å²) < 4.78 is 39.6. The van der Waals surface area contributed by atoms with E-state index in [2.05, 4.69) is 5.32 Å². The van der Waals surface area contributed by atoms with Gasteiger partial charge in [-0.15, -0.1) is 11.3 Å². The summed E-state index contributed by atoms with van der Waals surface area (Å²) >= 11 is 1.27. The van der Waals surface area contributed by atoms with Crippen LogP contribution in [-0.2, 0) is 9.84 Å². The highest BCUT2D eigenvalue weighted by atomic mass is 32.2. The van der Waals surface area contributed by atoms with Crippen molar-refractivity contribution in [2.45, 2.75) is 35.8 Å². The van der Waals surface area contributed by atoms with Gasteiger partial charge in [-0.2, -0.15) is 0 Å².